The fourth-order valence-corrected chi connectivity index (χ4v) is 10.4. The molecule has 2 aliphatic heterocycles. The predicted molar refractivity (Wildman–Crippen MR) is 262 cm³/mol. The van der Waals surface area contributed by atoms with Gasteiger partial charge in [-0.25, -0.2) is 0 Å². The van der Waals surface area contributed by atoms with Gasteiger partial charge in [0.25, 0.3) is 0 Å². The fourth-order valence-electron chi connectivity index (χ4n) is 10.4. The van der Waals surface area contributed by atoms with Crippen LogP contribution in [0.2, 0.25) is 0 Å². The first-order chi connectivity index (χ1) is 30.5. The second kappa shape index (κ2) is 14.2. The third-order valence-electron chi connectivity index (χ3n) is 13.4. The van der Waals surface area contributed by atoms with Crippen molar-refractivity contribution < 1.29 is 0 Å². The van der Waals surface area contributed by atoms with Crippen LogP contribution in [-0.4, -0.2) is 0 Å². The molecule has 0 spiro atoms. The largest absolute Gasteiger partial charge is 0.309 e. The third-order valence-corrected chi connectivity index (χ3v) is 13.4. The van der Waals surface area contributed by atoms with Gasteiger partial charge in [-0.2, -0.15) is 0 Å². The highest BCUT2D eigenvalue weighted by Gasteiger charge is 2.37. The Kier molecular flexibility index (Phi) is 8.33. The van der Waals surface area contributed by atoms with Gasteiger partial charge < -0.3 is 14.7 Å². The van der Waals surface area contributed by atoms with Crippen LogP contribution in [0.5, 0.6) is 0 Å². The van der Waals surface area contributed by atoms with E-state index in [4.69, 9.17) is 0 Å². The first-order valence-corrected chi connectivity index (χ1v) is 21.8. The van der Waals surface area contributed by atoms with Crippen LogP contribution in [0.3, 0.4) is 0 Å². The molecule has 0 amide bonds. The quantitative estimate of drug-likeness (QED) is 0.161. The van der Waals surface area contributed by atoms with Crippen LogP contribution >= 0.6 is 0 Å². The van der Waals surface area contributed by atoms with Crippen molar-refractivity contribution in [2.75, 3.05) is 14.7 Å². The molecule has 12 rings (SSSR count). The number of anilines is 9. The molecule has 9 aromatic carbocycles. The second-order valence-electron chi connectivity index (χ2n) is 17.3. The van der Waals surface area contributed by atoms with E-state index in [0.717, 1.165) is 41.3 Å². The Morgan fingerprint density at radius 1 is 0.371 bits per heavy atom. The molecule has 0 saturated heterocycles. The minimum absolute atomic E-state index is 0.191. The third kappa shape index (κ3) is 5.65. The Bertz CT molecular complexity index is 3150. The summed E-state index contributed by atoms with van der Waals surface area (Å²) in [6.45, 7) is 4.77. The van der Waals surface area contributed by atoms with Crippen molar-refractivity contribution in [1.82, 2.24) is 0 Å². The number of nitrogens with zero attached hydrogens (tertiary/aromatic N) is 3. The van der Waals surface area contributed by atoms with Gasteiger partial charge in [0, 0.05) is 33.6 Å². The van der Waals surface area contributed by atoms with E-state index < -0.39 is 0 Å². The highest BCUT2D eigenvalue weighted by atomic mass is 15.3. The molecule has 3 nitrogen and oxygen atoms in total. The van der Waals surface area contributed by atoms with E-state index in [2.05, 4.69) is 241 Å². The van der Waals surface area contributed by atoms with Crippen molar-refractivity contribution in [1.29, 1.82) is 0 Å². The van der Waals surface area contributed by atoms with Gasteiger partial charge in [-0.05, 0) is 129 Å². The molecule has 2 heterocycles. The summed E-state index contributed by atoms with van der Waals surface area (Å²) in [5.41, 5.74) is 21.0. The van der Waals surface area contributed by atoms with Crippen LogP contribution < -0.4 is 14.7 Å². The Morgan fingerprint density at radius 3 is 1.52 bits per heavy atom. The lowest BCUT2D eigenvalue weighted by molar-refractivity contribution is 0.660. The summed E-state index contributed by atoms with van der Waals surface area (Å²) in [4.78, 5) is 7.31. The van der Waals surface area contributed by atoms with Gasteiger partial charge in [0.05, 0.1) is 28.4 Å². The van der Waals surface area contributed by atoms with E-state index in [1.807, 2.05) is 0 Å². The molecule has 0 atom stereocenters. The molecule has 296 valence electrons. The lowest BCUT2D eigenvalue weighted by Crippen LogP contribution is -2.24. The van der Waals surface area contributed by atoms with E-state index >= 15 is 0 Å². The molecule has 3 heteroatoms. The van der Waals surface area contributed by atoms with Gasteiger partial charge in [0.2, 0.25) is 0 Å². The molecule has 0 saturated carbocycles. The smallest absolute Gasteiger partial charge is 0.0703 e. The van der Waals surface area contributed by atoms with Crippen molar-refractivity contribution in [2.24, 2.45) is 0 Å². The van der Waals surface area contributed by atoms with Gasteiger partial charge >= 0.3 is 0 Å². The minimum atomic E-state index is -0.191. The van der Waals surface area contributed by atoms with Crippen LogP contribution in [0.15, 0.2) is 200 Å². The van der Waals surface area contributed by atoms with Gasteiger partial charge in [0.1, 0.15) is 0 Å². The summed E-state index contributed by atoms with van der Waals surface area (Å²) in [6, 6.07) is 73.7. The number of hydrogen-bond donors (Lipinski definition) is 0. The zero-order chi connectivity index (χ0) is 41.4. The topological polar surface area (TPSA) is 9.72 Å². The number of hydrogen-bond acceptors (Lipinski definition) is 3. The average Bonchev–Trinajstić information content (AvgIpc) is 3.42. The standard InChI is InChI=1S/C59H45N3/c1-59(2)50-38-40(30-32-41-18-14-22-49-46(41)21-15-29-54(49)62-52-23-8-6-16-42(52)33-34-43-17-7-9-24-53(43)62)31-36-47(50)48-37-35-45(39-51(48)59)61-57-27-12-10-25-55(57)60(44-19-4-3-5-20-44)56-26-11-13-28-58(56)61/h3-32,35-39H,33-34H2,1-2H3/b32-30+. The molecular formula is C59H45N3. The van der Waals surface area contributed by atoms with Crippen LogP contribution in [0.25, 0.3) is 34.1 Å². The molecule has 9 aromatic rings. The number of rotatable bonds is 5. The van der Waals surface area contributed by atoms with Crippen molar-refractivity contribution in [3.8, 4) is 11.1 Å². The lowest BCUT2D eigenvalue weighted by atomic mass is 9.81. The number of aryl methyl sites for hydroxylation is 2. The van der Waals surface area contributed by atoms with Crippen LogP contribution in [0, 0.1) is 0 Å². The average molecular weight is 796 g/mol. The normalized spacial score (nSPS) is 14.5. The van der Waals surface area contributed by atoms with Crippen molar-refractivity contribution in [2.45, 2.75) is 32.1 Å². The Balaban J connectivity index is 0.896. The van der Waals surface area contributed by atoms with Crippen molar-refractivity contribution >= 4 is 74.1 Å². The van der Waals surface area contributed by atoms with E-state index in [1.165, 1.54) is 78.0 Å². The first-order valence-electron chi connectivity index (χ1n) is 21.8. The summed E-state index contributed by atoms with van der Waals surface area (Å²) in [5.74, 6) is 0. The summed E-state index contributed by atoms with van der Waals surface area (Å²) in [5, 5.41) is 2.49. The van der Waals surface area contributed by atoms with E-state index in [1.54, 1.807) is 0 Å². The molecule has 3 aliphatic rings. The highest BCUT2D eigenvalue weighted by Crippen LogP contribution is 2.56. The van der Waals surface area contributed by atoms with Gasteiger partial charge in [0.15, 0.2) is 0 Å². The molecule has 0 radical (unpaired) electrons. The molecule has 0 aromatic heterocycles. The SMILES string of the molecule is CC1(C)c2cc(/C=C/c3cccc4c(N5c6ccccc6CCc6ccccc65)cccc34)ccc2-c2ccc(N3c4ccccc4N(c4ccccc4)c4ccccc43)cc21. The molecule has 0 unspecified atom stereocenters. The van der Waals surface area contributed by atoms with Gasteiger partial charge in [-0.15, -0.1) is 0 Å². The maximum atomic E-state index is 2.49. The highest BCUT2D eigenvalue weighted by molar-refractivity contribution is 6.05. The van der Waals surface area contributed by atoms with E-state index in [0.29, 0.717) is 0 Å². The summed E-state index contributed by atoms with van der Waals surface area (Å²) < 4.78 is 0. The zero-order valence-electron chi connectivity index (χ0n) is 35.0. The molecule has 0 fully saturated rings. The van der Waals surface area contributed by atoms with E-state index in [-0.39, 0.29) is 5.41 Å². The second-order valence-corrected chi connectivity index (χ2v) is 17.3. The molecule has 62 heavy (non-hydrogen) atoms. The summed E-state index contributed by atoms with van der Waals surface area (Å²) >= 11 is 0. The van der Waals surface area contributed by atoms with Crippen LogP contribution in [-0.2, 0) is 18.3 Å². The Morgan fingerprint density at radius 2 is 0.871 bits per heavy atom. The number of benzene rings is 9. The summed E-state index contributed by atoms with van der Waals surface area (Å²) in [6.07, 6.45) is 6.65. The Hall–Kier alpha value is -7.62. The number of fused-ring (bicyclic) bond motifs is 8. The maximum absolute atomic E-state index is 2.49. The van der Waals surface area contributed by atoms with Crippen LogP contribution in [0.1, 0.15) is 47.2 Å². The van der Waals surface area contributed by atoms with E-state index in [9.17, 15) is 0 Å². The van der Waals surface area contributed by atoms with Gasteiger partial charge in [-0.1, -0.05) is 159 Å². The van der Waals surface area contributed by atoms with Gasteiger partial charge in [-0.3, -0.25) is 0 Å². The van der Waals surface area contributed by atoms with Crippen molar-refractivity contribution in [3.63, 3.8) is 0 Å². The summed E-state index contributed by atoms with van der Waals surface area (Å²) in [7, 11) is 0. The molecule has 0 N–H and O–H groups in total. The molecule has 0 bridgehead atoms. The first kappa shape index (κ1) is 36.2. The molecular weight excluding hydrogens is 751 g/mol. The predicted octanol–water partition coefficient (Wildman–Crippen LogP) is 16.1. The monoisotopic (exact) mass is 795 g/mol. The minimum Gasteiger partial charge on any atom is -0.309 e. The number of para-hydroxylation sites is 7. The fraction of sp³-hybridized carbons (Fsp3) is 0.0847. The van der Waals surface area contributed by atoms with Crippen molar-refractivity contribution in [3.05, 3.63) is 234 Å². The zero-order valence-corrected chi connectivity index (χ0v) is 35.0. The maximum Gasteiger partial charge on any atom is 0.0703 e. The molecule has 1 aliphatic carbocycles. The Labute approximate surface area is 364 Å². The van der Waals surface area contributed by atoms with Crippen LogP contribution in [0.4, 0.5) is 51.2 Å². The lowest BCUT2D eigenvalue weighted by Gasteiger charge is -2.40.